The molecule has 0 spiro atoms. The zero-order valence-electron chi connectivity index (χ0n) is 4.17. The van der Waals surface area contributed by atoms with E-state index in [1.807, 2.05) is 0 Å². The van der Waals surface area contributed by atoms with Crippen molar-refractivity contribution < 1.29 is 0 Å². The maximum Gasteiger partial charge on any atom is 0.0666 e. The Kier molecular flexibility index (Phi) is 3.02. The van der Waals surface area contributed by atoms with Gasteiger partial charge in [-0.1, -0.05) is 37.9 Å². The van der Waals surface area contributed by atoms with E-state index < -0.39 is 0 Å². The summed E-state index contributed by atoms with van der Waals surface area (Å²) in [5, 5.41) is 0. The summed E-state index contributed by atoms with van der Waals surface area (Å²) in [6.07, 6.45) is 2.06. The van der Waals surface area contributed by atoms with Gasteiger partial charge in [0.25, 0.3) is 0 Å². The van der Waals surface area contributed by atoms with Gasteiger partial charge in [-0.15, -0.1) is 0 Å². The van der Waals surface area contributed by atoms with Crippen molar-refractivity contribution in [2.75, 3.05) is 0 Å². The first-order chi connectivity index (χ1) is 4.13. The molecule has 0 radical (unpaired) electrons. The first-order valence-electron chi connectivity index (χ1n) is 2.20. The van der Waals surface area contributed by atoms with E-state index in [1.165, 1.54) is 0 Å². The van der Waals surface area contributed by atoms with Crippen LogP contribution in [-0.4, -0.2) is 4.83 Å². The van der Waals surface area contributed by atoms with Gasteiger partial charge in [0.2, 0.25) is 0 Å². The topological polar surface area (TPSA) is 0 Å². The van der Waals surface area contributed by atoms with Crippen LogP contribution in [0, 0.1) is 0 Å². The predicted octanol–water partition coefficient (Wildman–Crippen LogP) is 4.04. The zero-order chi connectivity index (χ0) is 7.02. The van der Waals surface area contributed by atoms with Gasteiger partial charge in [0.15, 0.2) is 0 Å². The molecular weight excluding hydrogens is 380 g/mol. The van der Waals surface area contributed by atoms with Crippen LogP contribution in [0.1, 0.15) is 0 Å². The third-order valence-corrected chi connectivity index (χ3v) is 5.76. The van der Waals surface area contributed by atoms with E-state index in [-0.39, 0.29) is 0 Å². The molecule has 0 fully saturated rings. The lowest BCUT2D eigenvalue weighted by Gasteiger charge is -1.94. The van der Waals surface area contributed by atoms with E-state index in [1.54, 1.807) is 0 Å². The molecule has 0 aliphatic heterocycles. The first kappa shape index (κ1) is 8.50. The van der Waals surface area contributed by atoms with E-state index >= 15 is 0 Å². The summed E-state index contributed by atoms with van der Waals surface area (Å²) in [6.45, 7) is 0. The van der Waals surface area contributed by atoms with Crippen molar-refractivity contribution in [2.24, 2.45) is 0 Å². The van der Waals surface area contributed by atoms with E-state index in [9.17, 15) is 0 Å². The van der Waals surface area contributed by atoms with E-state index in [4.69, 9.17) is 0 Å². The van der Waals surface area contributed by atoms with Crippen LogP contribution in [0.25, 0.3) is 0 Å². The Hall–Kier alpha value is 1.40. The Morgan fingerprint density at radius 1 is 1.22 bits per heavy atom. The summed E-state index contributed by atoms with van der Waals surface area (Å²) in [7, 11) is 0. The molecule has 0 saturated heterocycles. The van der Waals surface area contributed by atoms with Crippen molar-refractivity contribution in [1.82, 2.24) is 0 Å². The second-order valence-electron chi connectivity index (χ2n) is 1.58. The Morgan fingerprint density at radius 2 is 1.78 bits per heavy atom. The Labute approximate surface area is 87.3 Å². The van der Waals surface area contributed by atoms with Gasteiger partial charge in [-0.05, 0) is 31.9 Å². The predicted molar refractivity (Wildman–Crippen MR) is 54.6 cm³/mol. The summed E-state index contributed by atoms with van der Waals surface area (Å²) in [5.41, 5.74) is 0. The third-order valence-electron chi connectivity index (χ3n) is 0.954. The average molecular weight is 382 g/mol. The van der Waals surface area contributed by atoms with Gasteiger partial charge in [-0.2, -0.15) is 0 Å². The first-order valence-corrected chi connectivity index (χ1v) is 5.49. The van der Waals surface area contributed by atoms with E-state index in [0.717, 1.165) is 13.4 Å². The fraction of sp³-hybridized carbons (Fsp3) is 0.200. The molecule has 1 aliphatic carbocycles. The number of hydrogen-bond acceptors (Lipinski definition) is 0. The molecule has 1 rings (SSSR count). The highest BCUT2D eigenvalue weighted by Gasteiger charge is 2.18. The van der Waals surface area contributed by atoms with Crippen molar-refractivity contribution in [3.63, 3.8) is 0 Å². The van der Waals surface area contributed by atoms with Crippen molar-refractivity contribution in [3.8, 4) is 0 Å². The second kappa shape index (κ2) is 3.20. The quantitative estimate of drug-likeness (QED) is 0.556. The molecule has 50 valence electrons. The number of rotatable bonds is 0. The molecule has 0 nitrogen and oxygen atoms in total. The highest BCUT2D eigenvalue weighted by atomic mass is 79.9. The summed E-state index contributed by atoms with van der Waals surface area (Å²) in [4.78, 5) is 0.321. The van der Waals surface area contributed by atoms with Crippen LogP contribution in [0.15, 0.2) is 19.5 Å². The van der Waals surface area contributed by atoms with Crippen molar-refractivity contribution >= 4 is 63.7 Å². The normalized spacial score (nSPS) is 27.1. The Bertz CT molecular complexity index is 191. The van der Waals surface area contributed by atoms with Crippen LogP contribution >= 0.6 is 63.7 Å². The minimum atomic E-state index is 0.321. The molecule has 0 amide bonds. The van der Waals surface area contributed by atoms with Crippen LogP contribution in [-0.2, 0) is 0 Å². The standard InChI is InChI=1S/C5H2Br4/c6-2-1-3(7)5(9)4(2)8/h1-2H. The molecule has 0 saturated carbocycles. The lowest BCUT2D eigenvalue weighted by Crippen LogP contribution is -1.84. The van der Waals surface area contributed by atoms with Crippen molar-refractivity contribution in [3.05, 3.63) is 19.5 Å². The smallest absolute Gasteiger partial charge is 0.0666 e. The molecule has 1 atom stereocenters. The Morgan fingerprint density at radius 3 is 1.89 bits per heavy atom. The summed E-state index contributed by atoms with van der Waals surface area (Å²) in [6, 6.07) is 0. The maximum atomic E-state index is 3.44. The van der Waals surface area contributed by atoms with Crippen molar-refractivity contribution in [2.45, 2.75) is 4.83 Å². The van der Waals surface area contributed by atoms with Gasteiger partial charge in [0.05, 0.1) is 4.83 Å². The van der Waals surface area contributed by atoms with Crippen LogP contribution in [0.5, 0.6) is 0 Å². The van der Waals surface area contributed by atoms with Gasteiger partial charge in [0.1, 0.15) is 0 Å². The molecule has 1 unspecified atom stereocenters. The number of halogens is 4. The van der Waals surface area contributed by atoms with Gasteiger partial charge in [0, 0.05) is 13.4 Å². The van der Waals surface area contributed by atoms with Crippen LogP contribution < -0.4 is 0 Å². The van der Waals surface area contributed by atoms with Gasteiger partial charge in [-0.3, -0.25) is 0 Å². The molecule has 4 heteroatoms. The molecule has 0 N–H and O–H groups in total. The minimum absolute atomic E-state index is 0.321. The summed E-state index contributed by atoms with van der Waals surface area (Å²) >= 11 is 13.6. The molecule has 0 heterocycles. The van der Waals surface area contributed by atoms with Gasteiger partial charge >= 0.3 is 0 Å². The average Bonchev–Trinajstić information content (AvgIpc) is 1.98. The third kappa shape index (κ3) is 1.70. The minimum Gasteiger partial charge on any atom is -0.0786 e. The van der Waals surface area contributed by atoms with Crippen LogP contribution in [0.3, 0.4) is 0 Å². The lowest BCUT2D eigenvalue weighted by molar-refractivity contribution is 1.48. The fourth-order valence-corrected chi connectivity index (χ4v) is 3.13. The van der Waals surface area contributed by atoms with Gasteiger partial charge in [-0.25, -0.2) is 0 Å². The summed E-state index contributed by atoms with van der Waals surface area (Å²) < 4.78 is 3.31. The van der Waals surface area contributed by atoms with E-state index in [2.05, 4.69) is 69.8 Å². The summed E-state index contributed by atoms with van der Waals surface area (Å²) in [5.74, 6) is 0. The Balaban J connectivity index is 2.97. The molecule has 0 aromatic rings. The second-order valence-corrected chi connectivity index (χ2v) is 5.07. The molecule has 0 bridgehead atoms. The number of allylic oxidation sites excluding steroid dienone is 4. The fourth-order valence-electron chi connectivity index (χ4n) is 0.510. The van der Waals surface area contributed by atoms with Crippen LogP contribution in [0.4, 0.5) is 0 Å². The SMILES string of the molecule is BrC1=CC(Br)C(Br)=C1Br. The van der Waals surface area contributed by atoms with Crippen molar-refractivity contribution in [1.29, 1.82) is 0 Å². The molecule has 1 aliphatic rings. The highest BCUT2D eigenvalue weighted by molar-refractivity contribution is 9.17. The molecule has 9 heavy (non-hydrogen) atoms. The van der Waals surface area contributed by atoms with Crippen LogP contribution in [0.2, 0.25) is 0 Å². The largest absolute Gasteiger partial charge is 0.0786 e. The lowest BCUT2D eigenvalue weighted by atomic mass is 10.5. The number of alkyl halides is 1. The molecule has 0 aromatic carbocycles. The van der Waals surface area contributed by atoms with Gasteiger partial charge < -0.3 is 0 Å². The maximum absolute atomic E-state index is 3.44. The molecular formula is C5H2Br4. The monoisotopic (exact) mass is 378 g/mol. The highest BCUT2D eigenvalue weighted by Crippen LogP contribution is 2.40. The van der Waals surface area contributed by atoms with E-state index in [0.29, 0.717) is 4.83 Å². The zero-order valence-corrected chi connectivity index (χ0v) is 10.5. The molecule has 0 aromatic heterocycles. The number of hydrogen-bond donors (Lipinski definition) is 0.